The minimum atomic E-state index is -1.10. The molecule has 0 saturated heterocycles. The quantitative estimate of drug-likeness (QED) is 0.556. The van der Waals surface area contributed by atoms with Crippen molar-refractivity contribution in [1.29, 1.82) is 0 Å². The average Bonchev–Trinajstić information content (AvgIpc) is 2.15. The van der Waals surface area contributed by atoms with Gasteiger partial charge < -0.3 is 16.2 Å². The summed E-state index contributed by atoms with van der Waals surface area (Å²) in [7, 11) is 0. The summed E-state index contributed by atoms with van der Waals surface area (Å²) in [5.41, 5.74) is 6.50. The van der Waals surface area contributed by atoms with E-state index in [-0.39, 0.29) is 6.54 Å². The van der Waals surface area contributed by atoms with E-state index in [4.69, 9.17) is 10.8 Å². The van der Waals surface area contributed by atoms with Crippen LogP contribution in [0, 0.1) is 11.8 Å². The van der Waals surface area contributed by atoms with Crippen molar-refractivity contribution in [2.75, 3.05) is 12.3 Å². The van der Waals surface area contributed by atoms with Gasteiger partial charge in [-0.25, -0.2) is 9.78 Å². The van der Waals surface area contributed by atoms with Crippen LogP contribution in [0.5, 0.6) is 0 Å². The molecule has 0 bridgehead atoms. The van der Waals surface area contributed by atoms with Gasteiger partial charge in [-0.1, -0.05) is 5.92 Å². The largest absolute Gasteiger partial charge is 0.465 e. The van der Waals surface area contributed by atoms with Crippen molar-refractivity contribution in [3.05, 3.63) is 24.0 Å². The van der Waals surface area contributed by atoms with Gasteiger partial charge in [-0.3, -0.25) is 0 Å². The minimum absolute atomic E-state index is 0.0609. The molecular weight excluding hydrogens is 182 g/mol. The number of nitrogens with one attached hydrogen (secondary N) is 1. The number of aromatic nitrogens is 1. The van der Waals surface area contributed by atoms with E-state index >= 15 is 0 Å². The van der Waals surface area contributed by atoms with Crippen molar-refractivity contribution >= 4 is 11.8 Å². The van der Waals surface area contributed by atoms with Crippen molar-refractivity contribution in [3.63, 3.8) is 0 Å². The number of nitrogen functional groups attached to an aromatic ring is 1. The number of carbonyl (C=O) groups is 1. The number of nitrogens with zero attached hydrogens (tertiary/aromatic N) is 1. The van der Waals surface area contributed by atoms with Crippen molar-refractivity contribution in [1.82, 2.24) is 10.3 Å². The van der Waals surface area contributed by atoms with Gasteiger partial charge in [0.1, 0.15) is 5.69 Å². The van der Waals surface area contributed by atoms with Crippen LogP contribution in [-0.4, -0.2) is 22.7 Å². The van der Waals surface area contributed by atoms with Gasteiger partial charge in [-0.2, -0.15) is 0 Å². The van der Waals surface area contributed by atoms with Crippen molar-refractivity contribution < 1.29 is 9.90 Å². The molecule has 0 aliphatic rings. The number of anilines is 1. The zero-order valence-electron chi connectivity index (χ0n) is 7.32. The molecule has 4 N–H and O–H groups in total. The maximum atomic E-state index is 10.1. The van der Waals surface area contributed by atoms with Crippen LogP contribution < -0.4 is 11.1 Å². The van der Waals surface area contributed by atoms with Crippen LogP contribution in [0.3, 0.4) is 0 Å². The van der Waals surface area contributed by atoms with Crippen LogP contribution in [0.25, 0.3) is 0 Å². The summed E-state index contributed by atoms with van der Waals surface area (Å²) >= 11 is 0. The Morgan fingerprint density at radius 1 is 1.71 bits per heavy atom. The van der Waals surface area contributed by atoms with Gasteiger partial charge in [0, 0.05) is 6.20 Å². The predicted octanol–water partition coefficient (Wildman–Crippen LogP) is 0.283. The third kappa shape index (κ3) is 3.03. The number of carboxylic acid groups (broad SMARTS) is 1. The Labute approximate surface area is 81.0 Å². The maximum Gasteiger partial charge on any atom is 0.405 e. The highest BCUT2D eigenvalue weighted by molar-refractivity contribution is 5.64. The Morgan fingerprint density at radius 2 is 2.50 bits per heavy atom. The van der Waals surface area contributed by atoms with Crippen molar-refractivity contribution in [3.8, 4) is 11.8 Å². The first kappa shape index (κ1) is 9.86. The van der Waals surface area contributed by atoms with Crippen LogP contribution in [0.4, 0.5) is 10.5 Å². The monoisotopic (exact) mass is 191 g/mol. The van der Waals surface area contributed by atoms with E-state index < -0.39 is 6.09 Å². The SMILES string of the molecule is Nc1cccnc1C#CCNC(=O)O. The molecule has 0 unspecified atom stereocenters. The summed E-state index contributed by atoms with van der Waals surface area (Å²) < 4.78 is 0. The molecule has 5 nitrogen and oxygen atoms in total. The van der Waals surface area contributed by atoms with Crippen molar-refractivity contribution in [2.24, 2.45) is 0 Å². The summed E-state index contributed by atoms with van der Waals surface area (Å²) in [4.78, 5) is 14.0. The molecule has 5 heteroatoms. The lowest BCUT2D eigenvalue weighted by Crippen LogP contribution is -2.20. The highest BCUT2D eigenvalue weighted by atomic mass is 16.4. The highest BCUT2D eigenvalue weighted by Crippen LogP contribution is 2.03. The lowest BCUT2D eigenvalue weighted by molar-refractivity contribution is 0.196. The molecule has 0 radical (unpaired) electrons. The normalized spacial score (nSPS) is 8.57. The molecule has 0 aliphatic carbocycles. The number of pyridine rings is 1. The molecule has 1 heterocycles. The van der Waals surface area contributed by atoms with E-state index in [0.29, 0.717) is 11.4 Å². The second kappa shape index (κ2) is 4.72. The smallest absolute Gasteiger partial charge is 0.405 e. The fraction of sp³-hybridized carbons (Fsp3) is 0.111. The van der Waals surface area contributed by atoms with E-state index in [0.717, 1.165) is 0 Å². The lowest BCUT2D eigenvalue weighted by atomic mass is 10.3. The maximum absolute atomic E-state index is 10.1. The Bertz CT molecular complexity index is 393. The van der Waals surface area contributed by atoms with Gasteiger partial charge in [-0.05, 0) is 18.1 Å². The number of rotatable bonds is 1. The molecule has 1 rings (SSSR count). The summed E-state index contributed by atoms with van der Waals surface area (Å²) in [6.45, 7) is 0.0609. The molecule has 0 saturated carbocycles. The first-order chi connectivity index (χ1) is 6.70. The first-order valence-corrected chi connectivity index (χ1v) is 3.86. The second-order valence-corrected chi connectivity index (χ2v) is 2.40. The second-order valence-electron chi connectivity index (χ2n) is 2.40. The van der Waals surface area contributed by atoms with E-state index in [1.807, 2.05) is 0 Å². The number of hydrogen-bond acceptors (Lipinski definition) is 3. The Morgan fingerprint density at radius 3 is 3.14 bits per heavy atom. The molecule has 1 aromatic heterocycles. The third-order valence-corrected chi connectivity index (χ3v) is 1.37. The topological polar surface area (TPSA) is 88.2 Å². The molecule has 14 heavy (non-hydrogen) atoms. The van der Waals surface area contributed by atoms with Crippen LogP contribution in [-0.2, 0) is 0 Å². The van der Waals surface area contributed by atoms with Gasteiger partial charge >= 0.3 is 6.09 Å². The molecule has 0 fully saturated rings. The Kier molecular flexibility index (Phi) is 3.33. The molecule has 72 valence electrons. The van der Waals surface area contributed by atoms with Crippen molar-refractivity contribution in [2.45, 2.75) is 0 Å². The Hall–Kier alpha value is -2.22. The summed E-state index contributed by atoms with van der Waals surface area (Å²) in [5.74, 6) is 5.25. The molecule has 0 aromatic carbocycles. The molecule has 1 aromatic rings. The molecule has 0 atom stereocenters. The van der Waals surface area contributed by atoms with Crippen LogP contribution in [0.1, 0.15) is 5.69 Å². The van der Waals surface area contributed by atoms with E-state index in [1.54, 1.807) is 18.3 Å². The molecule has 0 spiro atoms. The van der Waals surface area contributed by atoms with E-state index in [2.05, 4.69) is 22.1 Å². The predicted molar refractivity (Wildman–Crippen MR) is 51.6 cm³/mol. The number of hydrogen-bond donors (Lipinski definition) is 3. The van der Waals surface area contributed by atoms with Gasteiger partial charge in [0.2, 0.25) is 0 Å². The third-order valence-electron chi connectivity index (χ3n) is 1.37. The lowest BCUT2D eigenvalue weighted by Gasteiger charge is -1.94. The number of nitrogens with two attached hydrogens (primary N) is 1. The number of amides is 1. The minimum Gasteiger partial charge on any atom is -0.465 e. The standard InChI is InChI=1S/C9H9N3O2/c10-7-3-1-5-11-8(7)4-2-6-12-9(13)14/h1,3,5,12H,6,10H2,(H,13,14). The van der Waals surface area contributed by atoms with E-state index in [1.165, 1.54) is 0 Å². The fourth-order valence-electron chi connectivity index (χ4n) is 0.770. The highest BCUT2D eigenvalue weighted by Gasteiger charge is 1.93. The van der Waals surface area contributed by atoms with Gasteiger partial charge in [-0.15, -0.1) is 0 Å². The van der Waals surface area contributed by atoms with Gasteiger partial charge in [0.05, 0.1) is 12.2 Å². The van der Waals surface area contributed by atoms with Gasteiger partial charge in [0.15, 0.2) is 0 Å². The van der Waals surface area contributed by atoms with E-state index in [9.17, 15) is 4.79 Å². The Balaban J connectivity index is 2.59. The first-order valence-electron chi connectivity index (χ1n) is 3.86. The summed E-state index contributed by atoms with van der Waals surface area (Å²) in [5, 5.41) is 10.4. The zero-order valence-corrected chi connectivity index (χ0v) is 7.32. The molecular formula is C9H9N3O2. The van der Waals surface area contributed by atoms with Crippen LogP contribution >= 0.6 is 0 Å². The van der Waals surface area contributed by atoms with Gasteiger partial charge in [0.25, 0.3) is 0 Å². The summed E-state index contributed by atoms with van der Waals surface area (Å²) in [6.07, 6.45) is 0.471. The molecule has 0 aliphatic heterocycles. The summed E-state index contributed by atoms with van der Waals surface area (Å²) in [6, 6.07) is 3.39. The van der Waals surface area contributed by atoms with Crippen LogP contribution in [0.2, 0.25) is 0 Å². The molecule has 1 amide bonds. The zero-order chi connectivity index (χ0) is 10.4. The average molecular weight is 191 g/mol. The fourth-order valence-corrected chi connectivity index (χ4v) is 0.770. The van der Waals surface area contributed by atoms with Crippen LogP contribution in [0.15, 0.2) is 18.3 Å².